The van der Waals surface area contributed by atoms with Crippen molar-refractivity contribution in [2.75, 3.05) is 19.6 Å². The van der Waals surface area contributed by atoms with Crippen LogP contribution in [0.2, 0.25) is 0 Å². The summed E-state index contributed by atoms with van der Waals surface area (Å²) in [6.07, 6.45) is 1.42. The maximum Gasteiger partial charge on any atom is 0.317 e. The molecule has 1 aliphatic heterocycles. The normalized spacial score (nSPS) is 21.1. The van der Waals surface area contributed by atoms with E-state index in [4.69, 9.17) is 0 Å². The van der Waals surface area contributed by atoms with Gasteiger partial charge in [-0.3, -0.25) is 4.79 Å². The summed E-state index contributed by atoms with van der Waals surface area (Å²) in [6, 6.07) is 6.22. The van der Waals surface area contributed by atoms with Crippen LogP contribution < -0.4 is 5.32 Å². The average molecular weight is 318 g/mol. The zero-order chi connectivity index (χ0) is 17.0. The predicted octanol–water partition coefficient (Wildman–Crippen LogP) is 2.60. The number of urea groups is 1. The van der Waals surface area contributed by atoms with E-state index in [0.29, 0.717) is 26.1 Å². The highest BCUT2D eigenvalue weighted by Crippen LogP contribution is 2.21. The molecule has 2 N–H and O–H groups in total. The Bertz CT molecular complexity index is 565. The number of hydrogen-bond acceptors (Lipinski definition) is 2. The van der Waals surface area contributed by atoms with Crippen molar-refractivity contribution in [1.82, 2.24) is 10.2 Å². The van der Waals surface area contributed by atoms with E-state index in [0.717, 1.165) is 6.42 Å². The molecule has 2 atom stereocenters. The second kappa shape index (κ2) is 7.49. The fourth-order valence-corrected chi connectivity index (χ4v) is 3.34. The molecule has 0 aromatic heterocycles. The maximum atomic E-state index is 12.3. The summed E-state index contributed by atoms with van der Waals surface area (Å²) in [7, 11) is 0. The molecule has 126 valence electrons. The summed E-state index contributed by atoms with van der Waals surface area (Å²) in [6.45, 7) is 7.61. The minimum atomic E-state index is -0.815. The molecular weight excluding hydrogens is 292 g/mol. The number of hydrogen-bond donors (Lipinski definition) is 2. The molecule has 2 rings (SSSR count). The molecule has 1 aromatic rings. The van der Waals surface area contributed by atoms with E-state index in [2.05, 4.69) is 37.4 Å². The van der Waals surface area contributed by atoms with Crippen LogP contribution in [0.3, 0.4) is 0 Å². The van der Waals surface area contributed by atoms with Crippen LogP contribution in [-0.2, 0) is 11.2 Å². The first-order chi connectivity index (χ1) is 10.8. The van der Waals surface area contributed by atoms with Gasteiger partial charge in [0.25, 0.3) is 0 Å². The smallest absolute Gasteiger partial charge is 0.317 e. The number of nitrogens with one attached hydrogen (secondary N) is 1. The number of carbonyl (C=O) groups excluding carboxylic acids is 1. The number of carboxylic acids is 1. The molecule has 0 bridgehead atoms. The van der Waals surface area contributed by atoms with Gasteiger partial charge < -0.3 is 15.3 Å². The Hall–Kier alpha value is -2.04. The first-order valence-corrected chi connectivity index (χ1v) is 8.18. The lowest BCUT2D eigenvalue weighted by molar-refractivity contribution is -0.143. The number of carboxylic acid groups (broad SMARTS) is 1. The molecule has 2 unspecified atom stereocenters. The standard InChI is InChI=1S/C18H26N2O3/c1-12-6-13(2)8-15(7-12)4-5-19-18(23)20-10-14(3)9-16(11-20)17(21)22/h6-8,14,16H,4-5,9-11H2,1-3H3,(H,19,23)(H,21,22). The highest BCUT2D eigenvalue weighted by molar-refractivity contribution is 5.76. The second-order valence-corrected chi connectivity index (χ2v) is 6.76. The van der Waals surface area contributed by atoms with Crippen molar-refractivity contribution >= 4 is 12.0 Å². The van der Waals surface area contributed by atoms with E-state index >= 15 is 0 Å². The number of aryl methyl sites for hydroxylation is 2. The summed E-state index contributed by atoms with van der Waals surface area (Å²) in [5.74, 6) is -1.05. The monoisotopic (exact) mass is 318 g/mol. The van der Waals surface area contributed by atoms with Gasteiger partial charge in [-0.15, -0.1) is 0 Å². The molecule has 2 amide bonds. The van der Waals surface area contributed by atoms with Crippen molar-refractivity contribution in [3.8, 4) is 0 Å². The molecule has 0 aliphatic carbocycles. The van der Waals surface area contributed by atoms with Crippen molar-refractivity contribution in [3.05, 3.63) is 34.9 Å². The summed E-state index contributed by atoms with van der Waals surface area (Å²) < 4.78 is 0. The zero-order valence-electron chi connectivity index (χ0n) is 14.1. The van der Waals surface area contributed by atoms with Gasteiger partial charge in [0.2, 0.25) is 0 Å². The van der Waals surface area contributed by atoms with Crippen LogP contribution in [0.1, 0.15) is 30.0 Å². The van der Waals surface area contributed by atoms with Gasteiger partial charge in [-0.1, -0.05) is 36.2 Å². The molecule has 1 fully saturated rings. The van der Waals surface area contributed by atoms with Gasteiger partial charge in [-0.2, -0.15) is 0 Å². The first-order valence-electron chi connectivity index (χ1n) is 8.18. The molecular formula is C18H26N2O3. The summed E-state index contributed by atoms with van der Waals surface area (Å²) in [5, 5.41) is 12.1. The Kier molecular flexibility index (Phi) is 5.64. The topological polar surface area (TPSA) is 69.6 Å². The fraction of sp³-hybridized carbons (Fsp3) is 0.556. The molecule has 0 saturated carbocycles. The van der Waals surface area contributed by atoms with E-state index in [-0.39, 0.29) is 11.9 Å². The number of aliphatic carboxylic acids is 1. The second-order valence-electron chi connectivity index (χ2n) is 6.76. The quantitative estimate of drug-likeness (QED) is 0.896. The lowest BCUT2D eigenvalue weighted by Gasteiger charge is -2.34. The largest absolute Gasteiger partial charge is 0.481 e. The van der Waals surface area contributed by atoms with Crippen molar-refractivity contribution in [2.24, 2.45) is 11.8 Å². The molecule has 1 heterocycles. The van der Waals surface area contributed by atoms with Gasteiger partial charge in [-0.05, 0) is 38.2 Å². The summed E-state index contributed by atoms with van der Waals surface area (Å²) in [4.78, 5) is 25.1. The summed E-state index contributed by atoms with van der Waals surface area (Å²) in [5.41, 5.74) is 3.65. The average Bonchev–Trinajstić information content (AvgIpc) is 2.45. The van der Waals surface area contributed by atoms with Crippen LogP contribution in [0, 0.1) is 25.7 Å². The van der Waals surface area contributed by atoms with E-state index < -0.39 is 11.9 Å². The Morgan fingerprint density at radius 1 is 1.22 bits per heavy atom. The summed E-state index contributed by atoms with van der Waals surface area (Å²) >= 11 is 0. The molecule has 1 aliphatic rings. The number of carbonyl (C=O) groups is 2. The number of nitrogens with zero attached hydrogens (tertiary/aromatic N) is 1. The lowest BCUT2D eigenvalue weighted by Crippen LogP contribution is -2.49. The van der Waals surface area contributed by atoms with Crippen LogP contribution in [0.4, 0.5) is 4.79 Å². The molecule has 0 spiro atoms. The fourth-order valence-electron chi connectivity index (χ4n) is 3.34. The van der Waals surface area contributed by atoms with E-state index in [9.17, 15) is 14.7 Å². The Labute approximate surface area is 137 Å². The van der Waals surface area contributed by atoms with Crippen molar-refractivity contribution in [1.29, 1.82) is 0 Å². The van der Waals surface area contributed by atoms with Crippen LogP contribution >= 0.6 is 0 Å². The Balaban J connectivity index is 1.85. The minimum absolute atomic E-state index is 0.160. The Morgan fingerprint density at radius 2 is 1.87 bits per heavy atom. The van der Waals surface area contributed by atoms with Crippen LogP contribution in [0.25, 0.3) is 0 Å². The first kappa shape index (κ1) is 17.3. The molecule has 5 heteroatoms. The molecule has 1 saturated heterocycles. The molecule has 0 radical (unpaired) electrons. The number of benzene rings is 1. The van der Waals surface area contributed by atoms with Gasteiger partial charge in [0, 0.05) is 19.6 Å². The number of amides is 2. The van der Waals surface area contributed by atoms with Gasteiger partial charge in [-0.25, -0.2) is 4.79 Å². The predicted molar refractivity (Wildman–Crippen MR) is 89.5 cm³/mol. The highest BCUT2D eigenvalue weighted by Gasteiger charge is 2.31. The van der Waals surface area contributed by atoms with E-state index in [1.165, 1.54) is 16.7 Å². The van der Waals surface area contributed by atoms with Crippen molar-refractivity contribution in [2.45, 2.75) is 33.6 Å². The zero-order valence-corrected chi connectivity index (χ0v) is 14.1. The van der Waals surface area contributed by atoms with Crippen LogP contribution in [0.15, 0.2) is 18.2 Å². The van der Waals surface area contributed by atoms with E-state index in [1.54, 1.807) is 4.90 Å². The molecule has 5 nitrogen and oxygen atoms in total. The SMILES string of the molecule is Cc1cc(C)cc(CCNC(=O)N2CC(C)CC(C(=O)O)C2)c1. The highest BCUT2D eigenvalue weighted by atomic mass is 16.4. The third-order valence-corrected chi connectivity index (χ3v) is 4.27. The molecule has 23 heavy (non-hydrogen) atoms. The number of likely N-dealkylation sites (tertiary alicyclic amines) is 1. The minimum Gasteiger partial charge on any atom is -0.481 e. The van der Waals surface area contributed by atoms with Gasteiger partial charge >= 0.3 is 12.0 Å². The van der Waals surface area contributed by atoms with E-state index in [1.807, 2.05) is 6.92 Å². The van der Waals surface area contributed by atoms with Crippen molar-refractivity contribution in [3.63, 3.8) is 0 Å². The van der Waals surface area contributed by atoms with Gasteiger partial charge in [0.05, 0.1) is 5.92 Å². The third-order valence-electron chi connectivity index (χ3n) is 4.27. The molecule has 1 aromatic carbocycles. The van der Waals surface area contributed by atoms with Gasteiger partial charge in [0.1, 0.15) is 0 Å². The van der Waals surface area contributed by atoms with Crippen LogP contribution in [0.5, 0.6) is 0 Å². The lowest BCUT2D eigenvalue weighted by atomic mass is 9.91. The van der Waals surface area contributed by atoms with Crippen LogP contribution in [-0.4, -0.2) is 41.6 Å². The van der Waals surface area contributed by atoms with Gasteiger partial charge in [0.15, 0.2) is 0 Å². The Morgan fingerprint density at radius 3 is 2.48 bits per heavy atom. The van der Waals surface area contributed by atoms with Crippen molar-refractivity contribution < 1.29 is 14.7 Å². The third kappa shape index (κ3) is 4.98. The number of piperidine rings is 1. The number of rotatable bonds is 4. The maximum absolute atomic E-state index is 12.3.